The van der Waals surface area contributed by atoms with Crippen LogP contribution >= 0.6 is 0 Å². The second-order valence-electron chi connectivity index (χ2n) is 7.60. The Kier molecular flexibility index (Phi) is 5.99. The van der Waals surface area contributed by atoms with Gasteiger partial charge in [0.1, 0.15) is 0 Å². The molecule has 0 saturated carbocycles. The van der Waals surface area contributed by atoms with E-state index in [9.17, 15) is 9.59 Å². The quantitative estimate of drug-likeness (QED) is 0.863. The van der Waals surface area contributed by atoms with Gasteiger partial charge in [-0.3, -0.25) is 9.59 Å². The number of rotatable bonds is 5. The van der Waals surface area contributed by atoms with E-state index in [0.29, 0.717) is 37.6 Å². The first-order valence-corrected chi connectivity index (χ1v) is 9.68. The third kappa shape index (κ3) is 4.59. The molecule has 0 radical (unpaired) electrons. The van der Waals surface area contributed by atoms with Crippen molar-refractivity contribution < 1.29 is 14.0 Å². The molecule has 0 aliphatic carbocycles. The van der Waals surface area contributed by atoms with Crippen molar-refractivity contribution in [3.63, 3.8) is 0 Å². The van der Waals surface area contributed by atoms with Crippen LogP contribution in [0.1, 0.15) is 67.3 Å². The lowest BCUT2D eigenvalue weighted by Crippen LogP contribution is -2.43. The number of hydrogen-bond donors (Lipinski definition) is 1. The molecule has 2 amide bonds. The van der Waals surface area contributed by atoms with Crippen molar-refractivity contribution in [2.75, 3.05) is 13.1 Å². The smallest absolute Gasteiger partial charge is 0.289 e. The number of benzene rings is 1. The highest BCUT2D eigenvalue weighted by Gasteiger charge is 2.29. The molecular formula is C22H28N2O3. The second-order valence-corrected chi connectivity index (χ2v) is 7.60. The van der Waals surface area contributed by atoms with Crippen LogP contribution in [0.3, 0.4) is 0 Å². The molecule has 2 aromatic rings. The Hall–Kier alpha value is -2.56. The fraction of sp³-hybridized carbons (Fsp3) is 0.455. The number of amides is 2. The van der Waals surface area contributed by atoms with Gasteiger partial charge in [-0.25, -0.2) is 0 Å². The van der Waals surface area contributed by atoms with Gasteiger partial charge in [0.15, 0.2) is 5.76 Å². The maximum atomic E-state index is 12.6. The summed E-state index contributed by atoms with van der Waals surface area (Å²) in [5.41, 5.74) is 2.41. The molecule has 1 aromatic carbocycles. The number of likely N-dealkylation sites (tertiary alicyclic amines) is 1. The number of nitrogens with one attached hydrogen (secondary N) is 1. The third-order valence-corrected chi connectivity index (χ3v) is 5.35. The summed E-state index contributed by atoms with van der Waals surface area (Å²) in [6.45, 7) is 7.51. The number of furan rings is 1. The molecule has 3 rings (SSSR count). The Labute approximate surface area is 160 Å². The van der Waals surface area contributed by atoms with Crippen LogP contribution in [0.25, 0.3) is 0 Å². The van der Waals surface area contributed by atoms with Gasteiger partial charge < -0.3 is 14.6 Å². The maximum absolute atomic E-state index is 12.6. The van der Waals surface area contributed by atoms with Crippen molar-refractivity contribution in [2.24, 2.45) is 5.92 Å². The molecule has 1 aromatic heterocycles. The molecule has 27 heavy (non-hydrogen) atoms. The van der Waals surface area contributed by atoms with Gasteiger partial charge in [0.2, 0.25) is 5.91 Å². The minimum Gasteiger partial charge on any atom is -0.459 e. The topological polar surface area (TPSA) is 62.6 Å². The van der Waals surface area contributed by atoms with E-state index in [2.05, 4.69) is 43.4 Å². The molecule has 1 aliphatic heterocycles. The number of hydrogen-bond acceptors (Lipinski definition) is 3. The fourth-order valence-corrected chi connectivity index (χ4v) is 3.49. The van der Waals surface area contributed by atoms with E-state index in [4.69, 9.17) is 4.42 Å². The van der Waals surface area contributed by atoms with Gasteiger partial charge in [-0.15, -0.1) is 0 Å². The van der Waals surface area contributed by atoms with Crippen LogP contribution in [0.15, 0.2) is 47.1 Å². The molecule has 1 fully saturated rings. The second kappa shape index (κ2) is 8.42. The van der Waals surface area contributed by atoms with E-state index < -0.39 is 0 Å². The maximum Gasteiger partial charge on any atom is 0.289 e. The van der Waals surface area contributed by atoms with Crippen LogP contribution in [-0.4, -0.2) is 29.8 Å². The van der Waals surface area contributed by atoms with E-state index in [1.54, 1.807) is 17.0 Å². The van der Waals surface area contributed by atoms with Crippen molar-refractivity contribution in [1.29, 1.82) is 0 Å². The number of carbonyl (C=O) groups excluding carboxylic acids is 2. The van der Waals surface area contributed by atoms with E-state index >= 15 is 0 Å². The first-order chi connectivity index (χ1) is 13.0. The van der Waals surface area contributed by atoms with Crippen molar-refractivity contribution >= 4 is 11.8 Å². The van der Waals surface area contributed by atoms with Crippen LogP contribution in [-0.2, 0) is 4.79 Å². The Bertz CT molecular complexity index is 757. The molecule has 2 heterocycles. The van der Waals surface area contributed by atoms with Gasteiger partial charge in [0.25, 0.3) is 5.91 Å². The zero-order valence-electron chi connectivity index (χ0n) is 16.3. The monoisotopic (exact) mass is 368 g/mol. The molecule has 1 saturated heterocycles. The van der Waals surface area contributed by atoms with E-state index in [1.165, 1.54) is 11.8 Å². The zero-order chi connectivity index (χ0) is 19.4. The van der Waals surface area contributed by atoms with E-state index in [0.717, 1.165) is 5.56 Å². The molecule has 1 N–H and O–H groups in total. The summed E-state index contributed by atoms with van der Waals surface area (Å²) in [4.78, 5) is 26.7. The minimum atomic E-state index is -0.0996. The lowest BCUT2D eigenvalue weighted by atomic mass is 9.94. The molecular weight excluding hydrogens is 340 g/mol. The Morgan fingerprint density at radius 2 is 1.67 bits per heavy atom. The summed E-state index contributed by atoms with van der Waals surface area (Å²) in [6, 6.07) is 11.8. The molecule has 5 heteroatoms. The first-order valence-electron chi connectivity index (χ1n) is 9.68. The van der Waals surface area contributed by atoms with Gasteiger partial charge in [0.05, 0.1) is 12.3 Å². The van der Waals surface area contributed by atoms with Crippen LogP contribution in [0, 0.1) is 5.92 Å². The van der Waals surface area contributed by atoms with Gasteiger partial charge in [0, 0.05) is 19.0 Å². The molecule has 5 nitrogen and oxygen atoms in total. The molecule has 1 atom stereocenters. The molecule has 1 aliphatic rings. The predicted molar refractivity (Wildman–Crippen MR) is 104 cm³/mol. The molecule has 0 spiro atoms. The summed E-state index contributed by atoms with van der Waals surface area (Å²) < 4.78 is 5.18. The largest absolute Gasteiger partial charge is 0.459 e. The number of piperidine rings is 1. The highest BCUT2D eigenvalue weighted by Crippen LogP contribution is 2.22. The SMILES string of the molecule is CC(C)c1ccc(C(C)NC(=O)C2CCN(C(=O)c3ccco3)CC2)cc1. The van der Waals surface area contributed by atoms with Crippen LogP contribution < -0.4 is 5.32 Å². The molecule has 1 unspecified atom stereocenters. The Balaban J connectivity index is 1.51. The number of carbonyl (C=O) groups is 2. The van der Waals surface area contributed by atoms with Crippen LogP contribution in [0.2, 0.25) is 0 Å². The van der Waals surface area contributed by atoms with Gasteiger partial charge in [-0.1, -0.05) is 38.1 Å². The number of nitrogens with zero attached hydrogens (tertiary/aromatic N) is 1. The fourth-order valence-electron chi connectivity index (χ4n) is 3.49. The molecule has 144 valence electrons. The van der Waals surface area contributed by atoms with E-state index in [1.807, 2.05) is 6.92 Å². The van der Waals surface area contributed by atoms with E-state index in [-0.39, 0.29) is 23.8 Å². The van der Waals surface area contributed by atoms with Gasteiger partial charge in [-0.05, 0) is 48.9 Å². The summed E-state index contributed by atoms with van der Waals surface area (Å²) in [6.07, 6.45) is 2.86. The van der Waals surface area contributed by atoms with Gasteiger partial charge >= 0.3 is 0 Å². The lowest BCUT2D eigenvalue weighted by Gasteiger charge is -2.31. The van der Waals surface area contributed by atoms with Crippen LogP contribution in [0.5, 0.6) is 0 Å². The van der Waals surface area contributed by atoms with Crippen molar-refractivity contribution in [2.45, 2.75) is 45.6 Å². The van der Waals surface area contributed by atoms with Crippen molar-refractivity contribution in [3.8, 4) is 0 Å². The molecule has 0 bridgehead atoms. The summed E-state index contributed by atoms with van der Waals surface area (Å²) >= 11 is 0. The lowest BCUT2D eigenvalue weighted by molar-refractivity contribution is -0.127. The third-order valence-electron chi connectivity index (χ3n) is 5.35. The summed E-state index contributed by atoms with van der Waals surface area (Å²) in [7, 11) is 0. The average molecular weight is 368 g/mol. The average Bonchev–Trinajstić information content (AvgIpc) is 3.22. The summed E-state index contributed by atoms with van der Waals surface area (Å²) in [5, 5.41) is 3.13. The minimum absolute atomic E-state index is 0.0264. The Morgan fingerprint density at radius 3 is 2.22 bits per heavy atom. The highest BCUT2D eigenvalue weighted by atomic mass is 16.3. The standard InChI is InChI=1S/C22H28N2O3/c1-15(2)17-6-8-18(9-7-17)16(3)23-21(25)19-10-12-24(13-11-19)22(26)20-5-4-14-27-20/h4-9,14-16,19H,10-13H2,1-3H3,(H,23,25). The summed E-state index contributed by atoms with van der Waals surface area (Å²) in [5.74, 6) is 0.774. The Morgan fingerprint density at radius 1 is 1.04 bits per heavy atom. The van der Waals surface area contributed by atoms with Crippen LogP contribution in [0.4, 0.5) is 0 Å². The van der Waals surface area contributed by atoms with Crippen molar-refractivity contribution in [1.82, 2.24) is 10.2 Å². The predicted octanol–water partition coefficient (Wildman–Crippen LogP) is 4.13. The van der Waals surface area contributed by atoms with Crippen molar-refractivity contribution in [3.05, 3.63) is 59.5 Å². The zero-order valence-corrected chi connectivity index (χ0v) is 16.3. The normalized spacial score (nSPS) is 16.4. The highest BCUT2D eigenvalue weighted by molar-refractivity contribution is 5.91. The van der Waals surface area contributed by atoms with Gasteiger partial charge in [-0.2, -0.15) is 0 Å². The first kappa shape index (κ1) is 19.2.